The molecule has 5 rings (SSSR count). The van der Waals surface area contributed by atoms with E-state index >= 15 is 0 Å². The third kappa shape index (κ3) is 5.40. The van der Waals surface area contributed by atoms with E-state index in [4.69, 9.17) is 10.1 Å². The van der Waals surface area contributed by atoms with Crippen LogP contribution in [0.3, 0.4) is 0 Å². The van der Waals surface area contributed by atoms with Crippen molar-refractivity contribution in [1.82, 2.24) is 24.1 Å². The first-order chi connectivity index (χ1) is 18.4. The van der Waals surface area contributed by atoms with Gasteiger partial charge in [0.25, 0.3) is 0 Å². The summed E-state index contributed by atoms with van der Waals surface area (Å²) in [5, 5.41) is 18.4. The number of rotatable bonds is 9. The Morgan fingerprint density at radius 1 is 1.08 bits per heavy atom. The van der Waals surface area contributed by atoms with Gasteiger partial charge in [0.15, 0.2) is 5.65 Å². The van der Waals surface area contributed by atoms with Gasteiger partial charge in [-0.25, -0.2) is 18.1 Å². The number of aromatic nitrogens is 4. The quantitative estimate of drug-likeness (QED) is 0.374. The topological polar surface area (TPSA) is 130 Å². The summed E-state index contributed by atoms with van der Waals surface area (Å²) in [7, 11) is -3.70. The third-order valence-corrected chi connectivity index (χ3v) is 9.66. The van der Waals surface area contributed by atoms with Crippen LogP contribution in [0.2, 0.25) is 0 Å². The number of hydrogen-bond donors (Lipinski definition) is 2. The second-order valence-corrected chi connectivity index (χ2v) is 12.3. The van der Waals surface area contributed by atoms with Crippen molar-refractivity contribution < 1.29 is 18.3 Å². The molecule has 1 saturated heterocycles. The number of carboxylic acids is 1. The molecule has 0 atom stereocenters. The smallest absolute Gasteiger partial charge is 0.306 e. The highest BCUT2D eigenvalue weighted by Crippen LogP contribution is 2.35. The van der Waals surface area contributed by atoms with Crippen molar-refractivity contribution in [3.05, 3.63) is 30.5 Å². The van der Waals surface area contributed by atoms with Crippen molar-refractivity contribution in [1.29, 1.82) is 0 Å². The first kappa shape index (κ1) is 26.6. The van der Waals surface area contributed by atoms with Crippen molar-refractivity contribution in [2.75, 3.05) is 25.0 Å². The van der Waals surface area contributed by atoms with Gasteiger partial charge in [-0.2, -0.15) is 14.4 Å². The van der Waals surface area contributed by atoms with E-state index in [0.717, 1.165) is 54.5 Å². The summed E-state index contributed by atoms with van der Waals surface area (Å²) in [5.74, 6) is -0.748. The second-order valence-electron chi connectivity index (χ2n) is 10.3. The van der Waals surface area contributed by atoms with E-state index in [-0.39, 0.29) is 24.0 Å². The average Bonchev–Trinajstić information content (AvgIpc) is 3.33. The van der Waals surface area contributed by atoms with Crippen LogP contribution in [0, 0.1) is 5.92 Å². The molecule has 1 aromatic carbocycles. The number of anilines is 1. The lowest BCUT2D eigenvalue weighted by atomic mass is 9.96. The van der Waals surface area contributed by atoms with E-state index in [9.17, 15) is 18.3 Å². The molecule has 3 heterocycles. The predicted molar refractivity (Wildman–Crippen MR) is 145 cm³/mol. The Morgan fingerprint density at radius 2 is 1.79 bits per heavy atom. The molecule has 0 spiro atoms. The number of fused-ring (bicyclic) bond motifs is 1. The number of piperidine rings is 1. The molecule has 1 aliphatic heterocycles. The zero-order chi connectivity index (χ0) is 26.7. The summed E-state index contributed by atoms with van der Waals surface area (Å²) in [4.78, 5) is 20.8. The Kier molecular flexibility index (Phi) is 7.94. The highest BCUT2D eigenvalue weighted by Gasteiger charge is 2.32. The van der Waals surface area contributed by atoms with Gasteiger partial charge >= 0.3 is 5.97 Å². The lowest BCUT2D eigenvalue weighted by Gasteiger charge is -2.29. The summed E-state index contributed by atoms with van der Waals surface area (Å²) in [6, 6.07) is 7.09. The van der Waals surface area contributed by atoms with E-state index in [1.165, 1.54) is 23.6 Å². The number of nitrogens with one attached hydrogen (secondary N) is 1. The number of nitrogens with zero attached hydrogens (tertiary/aromatic N) is 5. The molecule has 2 aliphatic rings. The molecule has 11 heteroatoms. The van der Waals surface area contributed by atoms with Crippen LogP contribution in [0.15, 0.2) is 35.4 Å². The SMILES string of the molecule is CCCCNc1ncc2c(-c3ccc(S(=O)(=O)N4CCC(C(=O)O)CC4)cc3)nn(C3CCCCC3)c2n1. The molecule has 0 amide bonds. The number of unbranched alkanes of at least 4 members (excludes halogenated alkanes) is 1. The Balaban J connectivity index is 1.43. The molecular weight excluding hydrogens is 504 g/mol. The molecule has 38 heavy (non-hydrogen) atoms. The Hall–Kier alpha value is -3.05. The van der Waals surface area contributed by atoms with Crippen LogP contribution in [0.25, 0.3) is 22.3 Å². The van der Waals surface area contributed by atoms with Crippen LogP contribution >= 0.6 is 0 Å². The van der Waals surface area contributed by atoms with Gasteiger partial charge in [0, 0.05) is 31.4 Å². The van der Waals surface area contributed by atoms with Gasteiger partial charge in [0.05, 0.1) is 22.2 Å². The second kappa shape index (κ2) is 11.4. The van der Waals surface area contributed by atoms with Crippen molar-refractivity contribution in [3.8, 4) is 11.3 Å². The maximum absolute atomic E-state index is 13.2. The van der Waals surface area contributed by atoms with Gasteiger partial charge in [0.2, 0.25) is 16.0 Å². The summed E-state index contributed by atoms with van der Waals surface area (Å²) in [6.07, 6.45) is 10.3. The molecule has 0 unspecified atom stereocenters. The number of carboxylic acid groups (broad SMARTS) is 1. The molecule has 0 bridgehead atoms. The zero-order valence-corrected chi connectivity index (χ0v) is 22.7. The van der Waals surface area contributed by atoms with Crippen molar-refractivity contribution in [2.45, 2.75) is 75.6 Å². The van der Waals surface area contributed by atoms with Gasteiger partial charge in [0.1, 0.15) is 5.69 Å². The predicted octanol–water partition coefficient (Wildman–Crippen LogP) is 4.70. The fourth-order valence-corrected chi connectivity index (χ4v) is 6.93. The minimum absolute atomic E-state index is 0.199. The molecule has 1 aliphatic carbocycles. The summed E-state index contributed by atoms with van der Waals surface area (Å²) in [6.45, 7) is 3.39. The van der Waals surface area contributed by atoms with Crippen molar-refractivity contribution >= 4 is 33.0 Å². The fourth-order valence-electron chi connectivity index (χ4n) is 5.46. The number of benzene rings is 1. The molecule has 3 aromatic rings. The van der Waals surface area contributed by atoms with Gasteiger partial charge < -0.3 is 10.4 Å². The van der Waals surface area contributed by atoms with Crippen LogP contribution < -0.4 is 5.32 Å². The zero-order valence-electron chi connectivity index (χ0n) is 21.8. The molecule has 2 aromatic heterocycles. The number of aliphatic carboxylic acids is 1. The highest BCUT2D eigenvalue weighted by atomic mass is 32.2. The lowest BCUT2D eigenvalue weighted by molar-refractivity contribution is -0.142. The number of carbonyl (C=O) groups is 1. The van der Waals surface area contributed by atoms with Gasteiger partial charge in [-0.3, -0.25) is 4.79 Å². The van der Waals surface area contributed by atoms with E-state index in [2.05, 4.69) is 17.2 Å². The summed E-state index contributed by atoms with van der Waals surface area (Å²) >= 11 is 0. The van der Waals surface area contributed by atoms with Crippen LogP contribution in [0.5, 0.6) is 0 Å². The minimum atomic E-state index is -3.70. The monoisotopic (exact) mass is 540 g/mol. The van der Waals surface area contributed by atoms with Crippen LogP contribution in [-0.2, 0) is 14.8 Å². The Bertz CT molecular complexity index is 1370. The highest BCUT2D eigenvalue weighted by molar-refractivity contribution is 7.89. The maximum Gasteiger partial charge on any atom is 0.306 e. The number of sulfonamides is 1. The lowest BCUT2D eigenvalue weighted by Crippen LogP contribution is -2.40. The van der Waals surface area contributed by atoms with Crippen LogP contribution in [0.1, 0.15) is 70.8 Å². The molecule has 1 saturated carbocycles. The molecule has 2 N–H and O–H groups in total. The fraction of sp³-hybridized carbons (Fsp3) is 0.556. The summed E-state index contributed by atoms with van der Waals surface area (Å²) in [5.41, 5.74) is 2.36. The standard InChI is InChI=1S/C27H36N6O4S/c1-2-3-15-28-27-29-18-23-24(31-33(25(23)30-27)21-7-5-4-6-8-21)19-9-11-22(12-10-19)38(36,37)32-16-13-20(14-17-32)26(34)35/h9-12,18,20-21H,2-8,13-17H2,1H3,(H,34,35)(H,28,29,30). The van der Waals surface area contributed by atoms with E-state index in [0.29, 0.717) is 18.8 Å². The van der Waals surface area contributed by atoms with Crippen molar-refractivity contribution in [3.63, 3.8) is 0 Å². The van der Waals surface area contributed by atoms with Crippen molar-refractivity contribution in [2.24, 2.45) is 5.92 Å². The Morgan fingerprint density at radius 3 is 2.45 bits per heavy atom. The van der Waals surface area contributed by atoms with Gasteiger partial charge in [-0.15, -0.1) is 0 Å². The molecular formula is C27H36N6O4S. The normalized spacial score (nSPS) is 18.1. The minimum Gasteiger partial charge on any atom is -0.481 e. The summed E-state index contributed by atoms with van der Waals surface area (Å²) < 4.78 is 29.9. The van der Waals surface area contributed by atoms with E-state index in [1.54, 1.807) is 24.3 Å². The van der Waals surface area contributed by atoms with E-state index in [1.807, 2.05) is 10.9 Å². The first-order valence-corrected chi connectivity index (χ1v) is 15.1. The average molecular weight is 541 g/mol. The molecule has 204 valence electrons. The van der Waals surface area contributed by atoms with Gasteiger partial charge in [-0.1, -0.05) is 44.7 Å². The largest absolute Gasteiger partial charge is 0.481 e. The maximum atomic E-state index is 13.2. The van der Waals surface area contributed by atoms with Crippen LogP contribution in [0.4, 0.5) is 5.95 Å². The Labute approximate surface area is 223 Å². The molecule has 0 radical (unpaired) electrons. The third-order valence-electron chi connectivity index (χ3n) is 7.75. The molecule has 10 nitrogen and oxygen atoms in total. The molecule has 2 fully saturated rings. The van der Waals surface area contributed by atoms with Crippen LogP contribution in [-0.4, -0.2) is 63.2 Å². The first-order valence-electron chi connectivity index (χ1n) is 13.7. The van der Waals surface area contributed by atoms with E-state index < -0.39 is 21.9 Å². The van der Waals surface area contributed by atoms with Gasteiger partial charge in [-0.05, 0) is 44.2 Å². The number of hydrogen-bond acceptors (Lipinski definition) is 7.